The monoisotopic (exact) mass is 304 g/mol. The van der Waals surface area contributed by atoms with Crippen LogP contribution in [0.2, 0.25) is 0 Å². The number of carbonyl (C=O) groups is 1. The molecule has 1 aliphatic rings. The molecule has 2 heterocycles. The maximum Gasteiger partial charge on any atom is 0.264 e. The predicted molar refractivity (Wildman–Crippen MR) is 86.5 cm³/mol. The van der Waals surface area contributed by atoms with E-state index in [2.05, 4.69) is 12.2 Å². The second kappa shape index (κ2) is 5.66. The number of ether oxygens (including phenoxy) is 1. The summed E-state index contributed by atoms with van der Waals surface area (Å²) in [6.07, 6.45) is 0. The van der Waals surface area contributed by atoms with Gasteiger partial charge in [0, 0.05) is 30.4 Å². The second-order valence-corrected chi connectivity index (χ2v) is 6.52. The van der Waals surface area contributed by atoms with Gasteiger partial charge >= 0.3 is 0 Å². The zero-order valence-corrected chi connectivity index (χ0v) is 13.4. The minimum atomic E-state index is 0.154. The lowest BCUT2D eigenvalue weighted by Crippen LogP contribution is -2.52. The zero-order valence-electron chi connectivity index (χ0n) is 12.6. The number of hydrogen-bond acceptors (Lipinski definition) is 4. The van der Waals surface area contributed by atoms with Crippen molar-refractivity contribution < 1.29 is 9.53 Å². The van der Waals surface area contributed by atoms with Gasteiger partial charge in [-0.3, -0.25) is 4.79 Å². The van der Waals surface area contributed by atoms with Gasteiger partial charge in [-0.25, -0.2) is 0 Å². The fourth-order valence-corrected chi connectivity index (χ4v) is 3.95. The molecule has 5 heteroatoms. The summed E-state index contributed by atoms with van der Waals surface area (Å²) in [4.78, 5) is 15.7. The molecular formula is C16H20N2O2S. The van der Waals surface area contributed by atoms with E-state index in [9.17, 15) is 4.79 Å². The molecule has 4 nitrogen and oxygen atoms in total. The Morgan fingerprint density at radius 1 is 1.48 bits per heavy atom. The summed E-state index contributed by atoms with van der Waals surface area (Å²) in [5.41, 5.74) is 1.06. The molecule has 112 valence electrons. The zero-order chi connectivity index (χ0) is 15.0. The van der Waals surface area contributed by atoms with Crippen LogP contribution in [0.4, 0.5) is 0 Å². The highest BCUT2D eigenvalue weighted by atomic mass is 32.1. The van der Waals surface area contributed by atoms with Gasteiger partial charge in [0.1, 0.15) is 5.75 Å². The molecule has 2 aromatic rings. The van der Waals surface area contributed by atoms with Crippen LogP contribution in [0, 0.1) is 6.92 Å². The standard InChI is InChI=1S/C16H20N2O2S/c1-10-9-17-6-7-18(10)16(19)15-11(2)13-8-12(20-3)4-5-14(13)21-15/h4-5,8,10,17H,6-7,9H2,1-3H3/t10-/m0/s1. The third-order valence-corrected chi connectivity index (χ3v) is 5.36. The number of nitrogens with zero attached hydrogens (tertiary/aromatic N) is 1. The van der Waals surface area contributed by atoms with Crippen molar-refractivity contribution >= 4 is 27.3 Å². The van der Waals surface area contributed by atoms with E-state index in [0.29, 0.717) is 0 Å². The normalized spacial score (nSPS) is 19.0. The molecule has 0 radical (unpaired) electrons. The van der Waals surface area contributed by atoms with Crippen molar-refractivity contribution in [1.82, 2.24) is 10.2 Å². The van der Waals surface area contributed by atoms with Gasteiger partial charge in [0.05, 0.1) is 12.0 Å². The number of benzene rings is 1. The van der Waals surface area contributed by atoms with Gasteiger partial charge in [-0.2, -0.15) is 0 Å². The molecule has 1 aromatic carbocycles. The van der Waals surface area contributed by atoms with Gasteiger partial charge in [0.15, 0.2) is 0 Å². The summed E-state index contributed by atoms with van der Waals surface area (Å²) in [6.45, 7) is 6.63. The molecule has 1 aromatic heterocycles. The Hall–Kier alpha value is -1.59. The molecule has 1 atom stereocenters. The maximum atomic E-state index is 12.8. The van der Waals surface area contributed by atoms with Gasteiger partial charge < -0.3 is 15.0 Å². The minimum absolute atomic E-state index is 0.154. The lowest BCUT2D eigenvalue weighted by atomic mass is 10.1. The molecule has 0 bridgehead atoms. The van der Waals surface area contributed by atoms with Gasteiger partial charge in [0.2, 0.25) is 0 Å². The highest BCUT2D eigenvalue weighted by Crippen LogP contribution is 2.34. The first kappa shape index (κ1) is 14.4. The third kappa shape index (κ3) is 2.51. The number of carbonyl (C=O) groups excluding carboxylic acids is 1. The fourth-order valence-electron chi connectivity index (χ4n) is 2.80. The SMILES string of the molecule is COc1ccc2sc(C(=O)N3CCNC[C@@H]3C)c(C)c2c1. The molecule has 1 aliphatic heterocycles. The van der Waals surface area contributed by atoms with Crippen LogP contribution in [0.1, 0.15) is 22.2 Å². The van der Waals surface area contributed by atoms with Crippen LogP contribution in [-0.4, -0.2) is 43.6 Å². The Bertz CT molecular complexity index is 680. The van der Waals surface area contributed by atoms with Crippen molar-refractivity contribution in [2.75, 3.05) is 26.7 Å². The summed E-state index contributed by atoms with van der Waals surface area (Å²) in [7, 11) is 1.66. The van der Waals surface area contributed by atoms with Crippen LogP contribution in [0.15, 0.2) is 18.2 Å². The molecule has 1 amide bonds. The van der Waals surface area contributed by atoms with Gasteiger partial charge in [-0.1, -0.05) is 0 Å². The minimum Gasteiger partial charge on any atom is -0.497 e. The van der Waals surface area contributed by atoms with Crippen LogP contribution < -0.4 is 10.1 Å². The van der Waals surface area contributed by atoms with E-state index in [1.54, 1.807) is 18.4 Å². The average Bonchev–Trinajstić information content (AvgIpc) is 2.83. The molecule has 21 heavy (non-hydrogen) atoms. The first-order chi connectivity index (χ1) is 10.1. The second-order valence-electron chi connectivity index (χ2n) is 5.47. The molecular weight excluding hydrogens is 284 g/mol. The highest BCUT2D eigenvalue weighted by molar-refractivity contribution is 7.21. The summed E-state index contributed by atoms with van der Waals surface area (Å²) >= 11 is 1.58. The van der Waals surface area contributed by atoms with Crippen LogP contribution in [0.25, 0.3) is 10.1 Å². The Labute approximate surface area is 128 Å². The molecule has 1 fully saturated rings. The number of piperazine rings is 1. The maximum absolute atomic E-state index is 12.8. The Morgan fingerprint density at radius 3 is 3.00 bits per heavy atom. The van der Waals surface area contributed by atoms with Gasteiger partial charge in [-0.05, 0) is 43.0 Å². The first-order valence-electron chi connectivity index (χ1n) is 7.20. The van der Waals surface area contributed by atoms with E-state index in [0.717, 1.165) is 45.9 Å². The summed E-state index contributed by atoms with van der Waals surface area (Å²) < 4.78 is 6.42. The molecule has 1 N–H and O–H groups in total. The number of aryl methyl sites for hydroxylation is 1. The van der Waals surface area contributed by atoms with Gasteiger partial charge in [-0.15, -0.1) is 11.3 Å². The number of rotatable bonds is 2. The fraction of sp³-hybridized carbons (Fsp3) is 0.438. The molecule has 0 unspecified atom stereocenters. The Morgan fingerprint density at radius 2 is 2.29 bits per heavy atom. The molecule has 0 spiro atoms. The lowest BCUT2D eigenvalue weighted by molar-refractivity contribution is 0.0660. The van der Waals surface area contributed by atoms with Crippen molar-refractivity contribution in [2.24, 2.45) is 0 Å². The predicted octanol–water partition coefficient (Wildman–Crippen LogP) is 2.65. The topological polar surface area (TPSA) is 41.6 Å². The van der Waals surface area contributed by atoms with E-state index >= 15 is 0 Å². The Kier molecular flexibility index (Phi) is 3.87. The van der Waals surface area contributed by atoms with Gasteiger partial charge in [0.25, 0.3) is 5.91 Å². The molecule has 0 aliphatic carbocycles. The number of methoxy groups -OCH3 is 1. The van der Waals surface area contributed by atoms with E-state index < -0.39 is 0 Å². The van der Waals surface area contributed by atoms with E-state index in [4.69, 9.17) is 4.74 Å². The Balaban J connectivity index is 2.00. The van der Waals surface area contributed by atoms with Crippen molar-refractivity contribution in [3.8, 4) is 5.75 Å². The summed E-state index contributed by atoms with van der Waals surface area (Å²) in [5.74, 6) is 0.986. The number of hydrogen-bond donors (Lipinski definition) is 1. The smallest absolute Gasteiger partial charge is 0.264 e. The van der Waals surface area contributed by atoms with Crippen LogP contribution in [0.5, 0.6) is 5.75 Å². The molecule has 0 saturated carbocycles. The van der Waals surface area contributed by atoms with E-state index in [-0.39, 0.29) is 11.9 Å². The average molecular weight is 304 g/mol. The summed E-state index contributed by atoms with van der Waals surface area (Å²) in [5, 5.41) is 4.44. The lowest BCUT2D eigenvalue weighted by Gasteiger charge is -2.33. The van der Waals surface area contributed by atoms with Crippen LogP contribution >= 0.6 is 11.3 Å². The van der Waals surface area contributed by atoms with Crippen LogP contribution in [-0.2, 0) is 0 Å². The van der Waals surface area contributed by atoms with E-state index in [1.165, 1.54) is 0 Å². The van der Waals surface area contributed by atoms with Crippen molar-refractivity contribution in [3.05, 3.63) is 28.6 Å². The molecule has 1 saturated heterocycles. The van der Waals surface area contributed by atoms with Crippen molar-refractivity contribution in [1.29, 1.82) is 0 Å². The van der Waals surface area contributed by atoms with Crippen molar-refractivity contribution in [2.45, 2.75) is 19.9 Å². The summed E-state index contributed by atoms with van der Waals surface area (Å²) in [6, 6.07) is 6.23. The third-order valence-electron chi connectivity index (χ3n) is 4.10. The quantitative estimate of drug-likeness (QED) is 0.927. The number of fused-ring (bicyclic) bond motifs is 1. The van der Waals surface area contributed by atoms with Crippen molar-refractivity contribution in [3.63, 3.8) is 0 Å². The number of nitrogens with one attached hydrogen (secondary N) is 1. The van der Waals surface area contributed by atoms with E-state index in [1.807, 2.05) is 30.0 Å². The largest absolute Gasteiger partial charge is 0.497 e. The first-order valence-corrected chi connectivity index (χ1v) is 8.02. The van der Waals surface area contributed by atoms with Crippen LogP contribution in [0.3, 0.4) is 0 Å². The number of amides is 1. The molecule has 3 rings (SSSR count). The number of thiophene rings is 1. The highest BCUT2D eigenvalue weighted by Gasteiger charge is 2.27.